The van der Waals surface area contributed by atoms with E-state index in [9.17, 15) is 9.59 Å². The van der Waals surface area contributed by atoms with Crippen LogP contribution < -0.4 is 15.5 Å². The number of urea groups is 1. The molecule has 1 atom stereocenters. The average Bonchev–Trinajstić information content (AvgIpc) is 3.25. The molecule has 1 fully saturated rings. The normalized spacial score (nSPS) is 18.6. The van der Waals surface area contributed by atoms with E-state index in [0.717, 1.165) is 22.5 Å². The number of carboxylic acid groups (broad SMARTS) is 1. The van der Waals surface area contributed by atoms with Crippen LogP contribution in [0, 0.1) is 0 Å². The SMILES string of the molecule is O=C1CC(c2cnsc2)c2ccc(N3CCNC3=O)cc2N1.O=CO. The molecule has 2 aromatic rings. The number of amides is 3. The van der Waals surface area contributed by atoms with Gasteiger partial charge in [0.25, 0.3) is 6.47 Å². The molecule has 130 valence electrons. The molecule has 1 unspecified atom stereocenters. The Labute approximate surface area is 147 Å². The predicted octanol–water partition coefficient (Wildman–Crippen LogP) is 1.85. The molecule has 0 spiro atoms. The minimum atomic E-state index is -0.250. The zero-order chi connectivity index (χ0) is 17.8. The van der Waals surface area contributed by atoms with Crippen LogP contribution in [-0.4, -0.2) is 41.0 Å². The van der Waals surface area contributed by atoms with Gasteiger partial charge in [-0.05, 0) is 34.8 Å². The lowest BCUT2D eigenvalue weighted by molar-refractivity contribution is -0.123. The molecule has 4 rings (SSSR count). The quantitative estimate of drug-likeness (QED) is 0.708. The number of fused-ring (bicyclic) bond motifs is 1. The van der Waals surface area contributed by atoms with E-state index < -0.39 is 0 Å². The van der Waals surface area contributed by atoms with Crippen LogP contribution in [0.5, 0.6) is 0 Å². The van der Waals surface area contributed by atoms with Gasteiger partial charge in [0.2, 0.25) is 5.91 Å². The summed E-state index contributed by atoms with van der Waals surface area (Å²) in [5, 5.41) is 14.6. The molecule has 1 aromatic heterocycles. The Morgan fingerprint density at radius 1 is 1.36 bits per heavy atom. The van der Waals surface area contributed by atoms with Crippen LogP contribution in [0.15, 0.2) is 29.8 Å². The Morgan fingerprint density at radius 3 is 2.80 bits per heavy atom. The maximum Gasteiger partial charge on any atom is 0.321 e. The topological polar surface area (TPSA) is 112 Å². The molecule has 0 saturated carbocycles. The van der Waals surface area contributed by atoms with Crippen molar-refractivity contribution in [2.75, 3.05) is 23.3 Å². The fourth-order valence-electron chi connectivity index (χ4n) is 3.02. The summed E-state index contributed by atoms with van der Waals surface area (Å²) in [5.41, 5.74) is 3.72. The highest BCUT2D eigenvalue weighted by Gasteiger charge is 2.29. The molecule has 0 bridgehead atoms. The van der Waals surface area contributed by atoms with Gasteiger partial charge in [-0.2, -0.15) is 0 Å². The Kier molecular flexibility index (Phi) is 4.94. The Balaban J connectivity index is 0.000000569. The second-order valence-corrected chi connectivity index (χ2v) is 6.18. The number of aromatic nitrogens is 1. The van der Waals surface area contributed by atoms with Crippen molar-refractivity contribution in [2.45, 2.75) is 12.3 Å². The lowest BCUT2D eigenvalue weighted by atomic mass is 9.86. The molecule has 1 aromatic carbocycles. The number of nitrogens with one attached hydrogen (secondary N) is 2. The first-order valence-corrected chi connectivity index (χ1v) is 8.44. The van der Waals surface area contributed by atoms with Crippen molar-refractivity contribution in [3.63, 3.8) is 0 Å². The number of nitrogens with zero attached hydrogens (tertiary/aromatic N) is 2. The third-order valence-corrected chi connectivity index (χ3v) is 4.70. The highest BCUT2D eigenvalue weighted by molar-refractivity contribution is 7.03. The van der Waals surface area contributed by atoms with Gasteiger partial charge in [-0.3, -0.25) is 14.5 Å². The van der Waals surface area contributed by atoms with E-state index in [-0.39, 0.29) is 24.3 Å². The van der Waals surface area contributed by atoms with Gasteiger partial charge < -0.3 is 15.7 Å². The van der Waals surface area contributed by atoms with Crippen molar-refractivity contribution in [2.24, 2.45) is 0 Å². The van der Waals surface area contributed by atoms with Crippen molar-refractivity contribution in [3.05, 3.63) is 40.9 Å². The summed E-state index contributed by atoms with van der Waals surface area (Å²) in [6, 6.07) is 5.72. The highest BCUT2D eigenvalue weighted by Crippen LogP contribution is 2.39. The second kappa shape index (κ2) is 7.31. The number of anilines is 2. The summed E-state index contributed by atoms with van der Waals surface area (Å²) >= 11 is 1.39. The first-order chi connectivity index (χ1) is 12.1. The fraction of sp³-hybridized carbons (Fsp3) is 0.250. The maximum atomic E-state index is 12.0. The lowest BCUT2D eigenvalue weighted by Crippen LogP contribution is -2.28. The number of carbonyl (C=O) groups excluding carboxylic acids is 2. The van der Waals surface area contributed by atoms with Crippen LogP contribution in [-0.2, 0) is 9.59 Å². The molecular formula is C16H16N4O4S. The summed E-state index contributed by atoms with van der Waals surface area (Å²) in [4.78, 5) is 33.8. The third kappa shape index (κ3) is 3.45. The zero-order valence-electron chi connectivity index (χ0n) is 13.1. The van der Waals surface area contributed by atoms with Gasteiger partial charge in [-0.25, -0.2) is 9.17 Å². The molecule has 8 nitrogen and oxygen atoms in total. The predicted molar refractivity (Wildman–Crippen MR) is 93.1 cm³/mol. The van der Waals surface area contributed by atoms with Gasteiger partial charge in [0.1, 0.15) is 0 Å². The number of hydrogen-bond acceptors (Lipinski definition) is 5. The van der Waals surface area contributed by atoms with Crippen LogP contribution in [0.1, 0.15) is 23.5 Å². The van der Waals surface area contributed by atoms with E-state index in [1.54, 1.807) is 4.90 Å². The van der Waals surface area contributed by atoms with Gasteiger partial charge in [0.15, 0.2) is 0 Å². The van der Waals surface area contributed by atoms with Crippen molar-refractivity contribution in [3.8, 4) is 0 Å². The molecule has 0 aliphatic carbocycles. The Bertz CT molecular complexity index is 793. The summed E-state index contributed by atoms with van der Waals surface area (Å²) in [7, 11) is 0. The molecular weight excluding hydrogens is 344 g/mol. The van der Waals surface area contributed by atoms with E-state index >= 15 is 0 Å². The molecule has 3 amide bonds. The molecule has 3 N–H and O–H groups in total. The summed E-state index contributed by atoms with van der Waals surface area (Å²) < 4.78 is 4.13. The zero-order valence-corrected chi connectivity index (χ0v) is 14.0. The molecule has 9 heteroatoms. The van der Waals surface area contributed by atoms with Crippen molar-refractivity contribution in [1.29, 1.82) is 0 Å². The van der Waals surface area contributed by atoms with Gasteiger partial charge >= 0.3 is 6.03 Å². The average molecular weight is 360 g/mol. The molecule has 2 aliphatic rings. The maximum absolute atomic E-state index is 12.0. The molecule has 3 heterocycles. The second-order valence-electron chi connectivity index (χ2n) is 5.52. The summed E-state index contributed by atoms with van der Waals surface area (Å²) in [5.74, 6) is 0.0238. The van der Waals surface area contributed by atoms with Crippen molar-refractivity contribution >= 4 is 41.3 Å². The summed E-state index contributed by atoms with van der Waals surface area (Å²) in [6.45, 7) is 1.04. The Morgan fingerprint density at radius 2 is 2.16 bits per heavy atom. The molecule has 25 heavy (non-hydrogen) atoms. The van der Waals surface area contributed by atoms with E-state index in [1.807, 2.05) is 29.8 Å². The smallest absolute Gasteiger partial charge is 0.321 e. The third-order valence-electron chi connectivity index (χ3n) is 4.10. The minimum Gasteiger partial charge on any atom is -0.483 e. The first kappa shape index (κ1) is 16.9. The summed E-state index contributed by atoms with van der Waals surface area (Å²) in [6.07, 6.45) is 2.24. The molecule has 1 saturated heterocycles. The van der Waals surface area contributed by atoms with Crippen LogP contribution in [0.3, 0.4) is 0 Å². The van der Waals surface area contributed by atoms with Gasteiger partial charge in [0, 0.05) is 48.4 Å². The lowest BCUT2D eigenvalue weighted by Gasteiger charge is -2.26. The number of hydrogen-bond donors (Lipinski definition) is 3. The van der Waals surface area contributed by atoms with Gasteiger partial charge in [-0.1, -0.05) is 6.07 Å². The Hall–Kier alpha value is -2.94. The van der Waals surface area contributed by atoms with E-state index in [2.05, 4.69) is 15.0 Å². The molecule has 2 aliphatic heterocycles. The largest absolute Gasteiger partial charge is 0.483 e. The number of rotatable bonds is 2. The highest BCUT2D eigenvalue weighted by atomic mass is 32.1. The van der Waals surface area contributed by atoms with E-state index in [4.69, 9.17) is 9.90 Å². The fourth-order valence-corrected chi connectivity index (χ4v) is 3.61. The van der Waals surface area contributed by atoms with Crippen LogP contribution in [0.4, 0.5) is 16.2 Å². The van der Waals surface area contributed by atoms with Crippen molar-refractivity contribution in [1.82, 2.24) is 9.69 Å². The van der Waals surface area contributed by atoms with Crippen molar-refractivity contribution < 1.29 is 19.5 Å². The molecule has 0 radical (unpaired) electrons. The van der Waals surface area contributed by atoms with Crippen LogP contribution in [0.2, 0.25) is 0 Å². The van der Waals surface area contributed by atoms with E-state index in [0.29, 0.717) is 19.5 Å². The van der Waals surface area contributed by atoms with Gasteiger partial charge in [0.05, 0.1) is 0 Å². The first-order valence-electron chi connectivity index (χ1n) is 7.60. The van der Waals surface area contributed by atoms with Crippen LogP contribution in [0.25, 0.3) is 0 Å². The number of carbonyl (C=O) groups is 3. The number of benzene rings is 1. The monoisotopic (exact) mass is 360 g/mol. The van der Waals surface area contributed by atoms with E-state index in [1.165, 1.54) is 11.5 Å². The van der Waals surface area contributed by atoms with Gasteiger partial charge in [-0.15, -0.1) is 0 Å². The minimum absolute atomic E-state index is 0.00766. The standard InChI is InChI=1S/C15H14N4O2S.CH2O2/c20-14-6-12(9-7-17-22-8-9)11-2-1-10(5-13(11)18-14)19-4-3-16-15(19)21;2-1-3/h1-2,5,7-8,12H,3-4,6H2,(H,16,21)(H,18,20);1H,(H,2,3). The van der Waals surface area contributed by atoms with Crippen LogP contribution >= 0.6 is 11.5 Å².